The molecule has 0 unspecified atom stereocenters. The summed E-state index contributed by atoms with van der Waals surface area (Å²) in [6.07, 6.45) is 0.848. The van der Waals surface area contributed by atoms with Crippen LogP contribution in [0, 0.1) is 11.6 Å². The third-order valence-corrected chi connectivity index (χ3v) is 6.06. The first-order valence-corrected chi connectivity index (χ1v) is 11.7. The van der Waals surface area contributed by atoms with Crippen LogP contribution in [0.3, 0.4) is 0 Å². The molecule has 0 saturated carbocycles. The minimum absolute atomic E-state index is 0.0183. The molecular formula is C24H31F2N5OS. The summed E-state index contributed by atoms with van der Waals surface area (Å²) in [5.74, 6) is -1.79. The second-order valence-corrected chi connectivity index (χ2v) is 8.33. The predicted octanol–water partition coefficient (Wildman–Crippen LogP) is 4.15. The van der Waals surface area contributed by atoms with E-state index in [1.54, 1.807) is 0 Å². The van der Waals surface area contributed by atoms with E-state index in [0.717, 1.165) is 50.4 Å². The zero-order chi connectivity index (χ0) is 23.8. The molecule has 1 aliphatic rings. The van der Waals surface area contributed by atoms with Gasteiger partial charge < -0.3 is 20.4 Å². The standard InChI is InChI=1S/C24H31F2N5OS/c1-3-30(4-2)20-9-7-19(8-10-20)27-24(33)31-13-5-12-29(14-15-31)17-23(32)28-22-11-6-18(25)16-21(22)26/h6-11,16H,3-5,12-15,17H2,1-2H3,(H,27,33)(H,28,32). The average Bonchev–Trinajstić information content (AvgIpc) is 3.03. The van der Waals surface area contributed by atoms with E-state index in [2.05, 4.69) is 46.4 Å². The van der Waals surface area contributed by atoms with Crippen LogP contribution in [0.2, 0.25) is 0 Å². The Morgan fingerprint density at radius 1 is 1.00 bits per heavy atom. The molecule has 0 aliphatic carbocycles. The van der Waals surface area contributed by atoms with Gasteiger partial charge in [0.05, 0.1) is 12.2 Å². The zero-order valence-corrected chi connectivity index (χ0v) is 19.9. The van der Waals surface area contributed by atoms with Crippen molar-refractivity contribution in [1.29, 1.82) is 0 Å². The number of hydrogen-bond donors (Lipinski definition) is 2. The fourth-order valence-electron chi connectivity index (χ4n) is 3.86. The lowest BCUT2D eigenvalue weighted by molar-refractivity contribution is -0.117. The van der Waals surface area contributed by atoms with Crippen LogP contribution in [0.4, 0.5) is 25.8 Å². The minimum Gasteiger partial charge on any atom is -0.372 e. The van der Waals surface area contributed by atoms with Crippen LogP contribution < -0.4 is 15.5 Å². The van der Waals surface area contributed by atoms with Crippen molar-refractivity contribution in [2.45, 2.75) is 20.3 Å². The van der Waals surface area contributed by atoms with Crippen molar-refractivity contribution in [3.8, 4) is 0 Å². The first kappa shape index (κ1) is 24.9. The van der Waals surface area contributed by atoms with E-state index >= 15 is 0 Å². The van der Waals surface area contributed by atoms with E-state index in [1.165, 1.54) is 11.8 Å². The fraction of sp³-hybridized carbons (Fsp3) is 0.417. The number of halogens is 2. The Bertz CT molecular complexity index is 952. The van der Waals surface area contributed by atoms with Crippen molar-refractivity contribution >= 4 is 40.3 Å². The van der Waals surface area contributed by atoms with Crippen LogP contribution in [-0.2, 0) is 4.79 Å². The molecule has 178 valence electrons. The van der Waals surface area contributed by atoms with Gasteiger partial charge in [-0.1, -0.05) is 0 Å². The highest BCUT2D eigenvalue weighted by Crippen LogP contribution is 2.19. The van der Waals surface area contributed by atoms with Gasteiger partial charge in [-0.3, -0.25) is 9.69 Å². The molecule has 2 N–H and O–H groups in total. The Balaban J connectivity index is 1.48. The predicted molar refractivity (Wildman–Crippen MR) is 134 cm³/mol. The molecule has 1 aliphatic heterocycles. The van der Waals surface area contributed by atoms with E-state index < -0.39 is 11.6 Å². The molecule has 1 heterocycles. The number of nitrogens with zero attached hydrogens (tertiary/aromatic N) is 3. The monoisotopic (exact) mass is 475 g/mol. The second kappa shape index (κ2) is 11.9. The van der Waals surface area contributed by atoms with Crippen molar-refractivity contribution in [3.63, 3.8) is 0 Å². The SMILES string of the molecule is CCN(CC)c1ccc(NC(=S)N2CCCN(CC(=O)Nc3ccc(F)cc3F)CC2)cc1. The van der Waals surface area contributed by atoms with Gasteiger partial charge in [-0.25, -0.2) is 8.78 Å². The normalized spacial score (nSPS) is 14.5. The van der Waals surface area contributed by atoms with Gasteiger partial charge in [0.25, 0.3) is 0 Å². The van der Waals surface area contributed by atoms with Crippen LogP contribution in [0.1, 0.15) is 20.3 Å². The van der Waals surface area contributed by atoms with Gasteiger partial charge >= 0.3 is 0 Å². The molecule has 0 radical (unpaired) electrons. The van der Waals surface area contributed by atoms with Crippen LogP contribution in [0.25, 0.3) is 0 Å². The number of rotatable bonds is 7. The van der Waals surface area contributed by atoms with Crippen LogP contribution in [0.5, 0.6) is 0 Å². The summed E-state index contributed by atoms with van der Waals surface area (Å²) < 4.78 is 26.8. The maximum absolute atomic E-state index is 13.8. The Morgan fingerprint density at radius 2 is 1.73 bits per heavy atom. The molecule has 0 atom stereocenters. The molecule has 0 bridgehead atoms. The quantitative estimate of drug-likeness (QED) is 0.587. The molecule has 1 fully saturated rings. The van der Waals surface area contributed by atoms with Gasteiger partial charge in [-0.05, 0) is 68.9 Å². The molecule has 6 nitrogen and oxygen atoms in total. The van der Waals surface area contributed by atoms with Gasteiger partial charge in [0.2, 0.25) is 5.91 Å². The summed E-state index contributed by atoms with van der Waals surface area (Å²) in [6, 6.07) is 11.3. The van der Waals surface area contributed by atoms with E-state index in [-0.39, 0.29) is 18.1 Å². The molecule has 3 rings (SSSR count). The topological polar surface area (TPSA) is 50.9 Å². The highest BCUT2D eigenvalue weighted by atomic mass is 32.1. The van der Waals surface area contributed by atoms with Crippen molar-refractivity contribution in [2.75, 3.05) is 61.3 Å². The van der Waals surface area contributed by atoms with Crippen LogP contribution >= 0.6 is 12.2 Å². The van der Waals surface area contributed by atoms with Crippen molar-refractivity contribution in [3.05, 3.63) is 54.1 Å². The minimum atomic E-state index is -0.785. The largest absolute Gasteiger partial charge is 0.372 e. The van der Waals surface area contributed by atoms with Gasteiger partial charge in [0, 0.05) is 56.7 Å². The van der Waals surface area contributed by atoms with Gasteiger partial charge in [-0.2, -0.15) is 0 Å². The number of carbonyl (C=O) groups excluding carboxylic acids is 1. The van der Waals surface area contributed by atoms with Crippen LogP contribution in [0.15, 0.2) is 42.5 Å². The molecule has 1 amide bonds. The summed E-state index contributed by atoms with van der Waals surface area (Å²) in [7, 11) is 0. The van der Waals surface area contributed by atoms with E-state index in [1.807, 2.05) is 17.0 Å². The summed E-state index contributed by atoms with van der Waals surface area (Å²) in [5, 5.41) is 6.48. The molecule has 9 heteroatoms. The number of thiocarbonyl (C=S) groups is 1. The van der Waals surface area contributed by atoms with Gasteiger partial charge in [-0.15, -0.1) is 0 Å². The number of amides is 1. The summed E-state index contributed by atoms with van der Waals surface area (Å²) >= 11 is 5.62. The summed E-state index contributed by atoms with van der Waals surface area (Å²) in [4.78, 5) is 18.7. The lowest BCUT2D eigenvalue weighted by atomic mass is 10.2. The molecule has 1 saturated heterocycles. The Kier molecular flexibility index (Phi) is 8.96. The summed E-state index contributed by atoms with van der Waals surface area (Å²) in [6.45, 7) is 9.19. The maximum Gasteiger partial charge on any atom is 0.238 e. The first-order chi connectivity index (χ1) is 15.9. The second-order valence-electron chi connectivity index (χ2n) is 7.94. The number of benzene rings is 2. The number of anilines is 3. The third-order valence-electron chi connectivity index (χ3n) is 5.70. The zero-order valence-electron chi connectivity index (χ0n) is 19.1. The van der Waals surface area contributed by atoms with E-state index in [4.69, 9.17) is 12.2 Å². The lowest BCUT2D eigenvalue weighted by Gasteiger charge is -2.25. The highest BCUT2D eigenvalue weighted by molar-refractivity contribution is 7.80. The molecule has 2 aromatic carbocycles. The third kappa shape index (κ3) is 7.10. The molecule has 33 heavy (non-hydrogen) atoms. The number of hydrogen-bond acceptors (Lipinski definition) is 4. The average molecular weight is 476 g/mol. The van der Waals surface area contributed by atoms with E-state index in [9.17, 15) is 13.6 Å². The maximum atomic E-state index is 13.8. The number of nitrogens with one attached hydrogen (secondary N) is 2. The first-order valence-electron chi connectivity index (χ1n) is 11.3. The Labute approximate surface area is 199 Å². The molecule has 0 spiro atoms. The van der Waals surface area contributed by atoms with E-state index in [0.29, 0.717) is 18.2 Å². The lowest BCUT2D eigenvalue weighted by Crippen LogP contribution is -2.39. The van der Waals surface area contributed by atoms with Crippen molar-refractivity contribution in [2.24, 2.45) is 0 Å². The highest BCUT2D eigenvalue weighted by Gasteiger charge is 2.19. The van der Waals surface area contributed by atoms with Crippen molar-refractivity contribution < 1.29 is 13.6 Å². The molecule has 0 aromatic heterocycles. The Morgan fingerprint density at radius 3 is 2.39 bits per heavy atom. The van der Waals surface area contributed by atoms with Crippen LogP contribution in [-0.4, -0.2) is 66.6 Å². The smallest absolute Gasteiger partial charge is 0.238 e. The molecule has 2 aromatic rings. The number of carbonyl (C=O) groups is 1. The van der Waals surface area contributed by atoms with Crippen molar-refractivity contribution in [1.82, 2.24) is 9.80 Å². The van der Waals surface area contributed by atoms with Gasteiger partial charge in [0.15, 0.2) is 5.11 Å². The fourth-order valence-corrected chi connectivity index (χ4v) is 4.16. The Hall–Kier alpha value is -2.78. The molecular weight excluding hydrogens is 444 g/mol. The van der Waals surface area contributed by atoms with Gasteiger partial charge in [0.1, 0.15) is 11.6 Å². The summed E-state index contributed by atoms with van der Waals surface area (Å²) in [5.41, 5.74) is 2.11.